The van der Waals surface area contributed by atoms with Gasteiger partial charge >= 0.3 is 0 Å². The number of hydrogen-bond acceptors (Lipinski definition) is 2. The molecule has 1 atom stereocenters. The predicted octanol–water partition coefficient (Wildman–Crippen LogP) is 4.41. The molecule has 21 heavy (non-hydrogen) atoms. The van der Waals surface area contributed by atoms with Crippen molar-refractivity contribution in [2.75, 3.05) is 0 Å². The lowest BCUT2D eigenvalue weighted by molar-refractivity contribution is 0.850. The lowest BCUT2D eigenvalue weighted by Gasteiger charge is -2.15. The maximum Gasteiger partial charge on any atom is 0.0753 e. The fraction of sp³-hybridized carbons (Fsp3) is 0.211. The van der Waals surface area contributed by atoms with Crippen molar-refractivity contribution in [2.24, 2.45) is 5.73 Å². The third-order valence-corrected chi connectivity index (χ3v) is 3.96. The van der Waals surface area contributed by atoms with E-state index in [2.05, 4.69) is 61.3 Å². The number of para-hydroxylation sites is 1. The van der Waals surface area contributed by atoms with E-state index in [4.69, 9.17) is 5.73 Å². The van der Waals surface area contributed by atoms with Gasteiger partial charge < -0.3 is 5.73 Å². The number of pyridine rings is 1. The van der Waals surface area contributed by atoms with Crippen LogP contribution in [0, 0.1) is 0 Å². The van der Waals surface area contributed by atoms with E-state index in [1.54, 1.807) is 0 Å². The van der Waals surface area contributed by atoms with E-state index < -0.39 is 0 Å². The summed E-state index contributed by atoms with van der Waals surface area (Å²) in [4.78, 5) is 4.49. The van der Waals surface area contributed by atoms with E-state index in [-0.39, 0.29) is 6.04 Å². The molecule has 2 heteroatoms. The van der Waals surface area contributed by atoms with Gasteiger partial charge in [-0.1, -0.05) is 62.4 Å². The molecule has 2 N–H and O–H groups in total. The summed E-state index contributed by atoms with van der Waals surface area (Å²) in [5.74, 6) is 0.537. The maximum absolute atomic E-state index is 6.47. The van der Waals surface area contributed by atoms with Crippen molar-refractivity contribution in [3.8, 4) is 0 Å². The highest BCUT2D eigenvalue weighted by molar-refractivity contribution is 5.82. The summed E-state index contributed by atoms with van der Waals surface area (Å²) < 4.78 is 0. The summed E-state index contributed by atoms with van der Waals surface area (Å²) >= 11 is 0. The largest absolute Gasteiger partial charge is 0.320 e. The Morgan fingerprint density at radius 1 is 0.857 bits per heavy atom. The second-order valence-electron chi connectivity index (χ2n) is 5.72. The van der Waals surface area contributed by atoms with Crippen LogP contribution >= 0.6 is 0 Å². The van der Waals surface area contributed by atoms with Gasteiger partial charge in [-0.25, -0.2) is 0 Å². The summed E-state index contributed by atoms with van der Waals surface area (Å²) in [6, 6.07) is 18.6. The van der Waals surface area contributed by atoms with Gasteiger partial charge in [0, 0.05) is 11.6 Å². The SMILES string of the molecule is CC(C)c1ccc(C(N)c2cccc3cccnc23)cc1. The molecule has 106 valence electrons. The highest BCUT2D eigenvalue weighted by atomic mass is 14.7. The molecule has 0 bridgehead atoms. The van der Waals surface area contributed by atoms with Crippen LogP contribution in [0.5, 0.6) is 0 Å². The Hall–Kier alpha value is -2.19. The number of hydrogen-bond donors (Lipinski definition) is 1. The molecule has 3 aromatic rings. The van der Waals surface area contributed by atoms with Crippen molar-refractivity contribution in [3.63, 3.8) is 0 Å². The first-order valence-corrected chi connectivity index (χ1v) is 7.36. The lowest BCUT2D eigenvalue weighted by atomic mass is 9.94. The van der Waals surface area contributed by atoms with Crippen molar-refractivity contribution in [2.45, 2.75) is 25.8 Å². The molecule has 0 aliphatic heterocycles. The van der Waals surface area contributed by atoms with Crippen LogP contribution in [0.4, 0.5) is 0 Å². The minimum absolute atomic E-state index is 0.148. The van der Waals surface area contributed by atoms with Crippen LogP contribution in [0.2, 0.25) is 0 Å². The van der Waals surface area contributed by atoms with Crippen LogP contribution in [0.15, 0.2) is 60.8 Å². The van der Waals surface area contributed by atoms with E-state index in [1.165, 1.54) is 5.56 Å². The van der Waals surface area contributed by atoms with Crippen LogP contribution in [0.25, 0.3) is 10.9 Å². The minimum atomic E-state index is -0.148. The van der Waals surface area contributed by atoms with E-state index in [1.807, 2.05) is 18.3 Å². The highest BCUT2D eigenvalue weighted by Crippen LogP contribution is 2.26. The zero-order valence-corrected chi connectivity index (χ0v) is 12.5. The Morgan fingerprint density at radius 2 is 1.52 bits per heavy atom. The van der Waals surface area contributed by atoms with Crippen LogP contribution in [-0.2, 0) is 0 Å². The fourth-order valence-electron chi connectivity index (χ4n) is 2.65. The number of nitrogens with two attached hydrogens (primary N) is 1. The van der Waals surface area contributed by atoms with Crippen molar-refractivity contribution >= 4 is 10.9 Å². The topological polar surface area (TPSA) is 38.9 Å². The van der Waals surface area contributed by atoms with Gasteiger partial charge in [-0.3, -0.25) is 4.98 Å². The molecule has 0 saturated heterocycles. The van der Waals surface area contributed by atoms with Gasteiger partial charge in [0.2, 0.25) is 0 Å². The molecule has 0 aliphatic carbocycles. The Morgan fingerprint density at radius 3 is 2.24 bits per heavy atom. The van der Waals surface area contributed by atoms with Gasteiger partial charge in [0.1, 0.15) is 0 Å². The predicted molar refractivity (Wildman–Crippen MR) is 88.3 cm³/mol. The summed E-state index contributed by atoms with van der Waals surface area (Å²) in [6.45, 7) is 4.40. The Kier molecular flexibility index (Phi) is 3.72. The molecule has 0 aliphatic rings. The normalized spacial score (nSPS) is 12.8. The van der Waals surface area contributed by atoms with Crippen molar-refractivity contribution < 1.29 is 0 Å². The molecule has 1 aromatic heterocycles. The molecule has 2 nitrogen and oxygen atoms in total. The molecule has 0 fully saturated rings. The monoisotopic (exact) mass is 276 g/mol. The molecular weight excluding hydrogens is 256 g/mol. The molecule has 2 aromatic carbocycles. The summed E-state index contributed by atoms with van der Waals surface area (Å²) in [6.07, 6.45) is 1.82. The molecule has 0 radical (unpaired) electrons. The Labute approximate surface area is 125 Å². The van der Waals surface area contributed by atoms with E-state index in [0.717, 1.165) is 22.0 Å². The standard InChI is InChI=1S/C19H20N2/c1-13(2)14-8-10-15(11-9-14)18(20)17-7-3-5-16-6-4-12-21-19(16)17/h3-13,18H,20H2,1-2H3. The van der Waals surface area contributed by atoms with Crippen LogP contribution in [0.1, 0.15) is 42.5 Å². The zero-order chi connectivity index (χ0) is 14.8. The third kappa shape index (κ3) is 2.67. The molecule has 3 rings (SSSR count). The van der Waals surface area contributed by atoms with Gasteiger partial charge in [0.15, 0.2) is 0 Å². The van der Waals surface area contributed by atoms with Crippen LogP contribution in [0.3, 0.4) is 0 Å². The second kappa shape index (κ2) is 5.66. The number of benzene rings is 2. The molecule has 1 heterocycles. The molecule has 0 saturated carbocycles. The smallest absolute Gasteiger partial charge is 0.0753 e. The van der Waals surface area contributed by atoms with Gasteiger partial charge in [-0.05, 0) is 28.7 Å². The van der Waals surface area contributed by atoms with Crippen molar-refractivity contribution in [1.29, 1.82) is 0 Å². The first-order chi connectivity index (χ1) is 10.2. The number of rotatable bonds is 3. The van der Waals surface area contributed by atoms with Gasteiger partial charge in [-0.2, -0.15) is 0 Å². The number of aromatic nitrogens is 1. The number of nitrogens with zero attached hydrogens (tertiary/aromatic N) is 1. The minimum Gasteiger partial charge on any atom is -0.320 e. The van der Waals surface area contributed by atoms with Gasteiger partial charge in [0.25, 0.3) is 0 Å². The van der Waals surface area contributed by atoms with Crippen LogP contribution in [-0.4, -0.2) is 4.98 Å². The molecular formula is C19H20N2. The zero-order valence-electron chi connectivity index (χ0n) is 12.5. The number of fused-ring (bicyclic) bond motifs is 1. The van der Waals surface area contributed by atoms with Crippen LogP contribution < -0.4 is 5.73 Å². The second-order valence-corrected chi connectivity index (χ2v) is 5.72. The fourth-order valence-corrected chi connectivity index (χ4v) is 2.65. The summed E-state index contributed by atoms with van der Waals surface area (Å²) in [5, 5.41) is 1.13. The third-order valence-electron chi connectivity index (χ3n) is 3.96. The Balaban J connectivity index is 2.02. The van der Waals surface area contributed by atoms with E-state index >= 15 is 0 Å². The quantitative estimate of drug-likeness (QED) is 0.769. The van der Waals surface area contributed by atoms with Crippen molar-refractivity contribution in [3.05, 3.63) is 77.5 Å². The van der Waals surface area contributed by atoms with E-state index in [0.29, 0.717) is 5.92 Å². The highest BCUT2D eigenvalue weighted by Gasteiger charge is 2.13. The first kappa shape index (κ1) is 13.8. The summed E-state index contributed by atoms with van der Waals surface area (Å²) in [7, 11) is 0. The van der Waals surface area contributed by atoms with Crippen molar-refractivity contribution in [1.82, 2.24) is 4.98 Å². The lowest BCUT2D eigenvalue weighted by Crippen LogP contribution is -2.12. The van der Waals surface area contributed by atoms with Gasteiger partial charge in [0.05, 0.1) is 11.6 Å². The van der Waals surface area contributed by atoms with Gasteiger partial charge in [-0.15, -0.1) is 0 Å². The summed E-state index contributed by atoms with van der Waals surface area (Å²) in [5.41, 5.74) is 11.0. The average molecular weight is 276 g/mol. The first-order valence-electron chi connectivity index (χ1n) is 7.36. The molecule has 1 unspecified atom stereocenters. The Bertz CT molecular complexity index is 740. The van der Waals surface area contributed by atoms with E-state index in [9.17, 15) is 0 Å². The average Bonchev–Trinajstić information content (AvgIpc) is 2.53. The molecule has 0 spiro atoms. The maximum atomic E-state index is 6.47. The molecule has 0 amide bonds.